The van der Waals surface area contributed by atoms with Gasteiger partial charge in [0.25, 0.3) is 0 Å². The molecule has 0 bridgehead atoms. The lowest BCUT2D eigenvalue weighted by molar-refractivity contribution is -0.113. The number of hydrogen-bond donors (Lipinski definition) is 9. The van der Waals surface area contributed by atoms with E-state index in [0.717, 1.165) is 16.8 Å². The Kier molecular flexibility index (Phi) is 10.9. The van der Waals surface area contributed by atoms with Crippen LogP contribution in [0.3, 0.4) is 0 Å². The number of carboxylic acids is 1. The molecule has 18 heteroatoms. The summed E-state index contributed by atoms with van der Waals surface area (Å²) in [5, 5.41) is 65.5. The molecule has 4 atom stereocenters. The van der Waals surface area contributed by atoms with E-state index in [1.807, 2.05) is 0 Å². The zero-order chi connectivity index (χ0) is 32.3. The van der Waals surface area contributed by atoms with Crippen LogP contribution < -0.4 is 21.4 Å². The minimum Gasteiger partial charge on any atom is -0.477 e. The first-order valence-electron chi connectivity index (χ1n) is 12.5. The van der Waals surface area contributed by atoms with Crippen molar-refractivity contribution in [2.75, 3.05) is 43.9 Å². The maximum absolute atomic E-state index is 14.8. The van der Waals surface area contributed by atoms with E-state index in [0.29, 0.717) is 6.07 Å². The predicted molar refractivity (Wildman–Crippen MR) is 147 cm³/mol. The van der Waals surface area contributed by atoms with Crippen LogP contribution in [0.4, 0.5) is 24.7 Å². The van der Waals surface area contributed by atoms with Crippen molar-refractivity contribution in [2.24, 2.45) is 0 Å². The lowest BCUT2D eigenvalue weighted by Gasteiger charge is -2.38. The molecule has 1 saturated heterocycles. The van der Waals surface area contributed by atoms with Gasteiger partial charge >= 0.3 is 5.97 Å². The highest BCUT2D eigenvalue weighted by atomic mass is 35.5. The number of halogens is 4. The summed E-state index contributed by atoms with van der Waals surface area (Å²) in [4.78, 5) is 29.1. The molecule has 2 aromatic heterocycles. The maximum Gasteiger partial charge on any atom is 0.341 e. The first kappa shape index (κ1) is 33.9. The summed E-state index contributed by atoms with van der Waals surface area (Å²) >= 11 is 6.36. The Morgan fingerprint density at radius 2 is 1.72 bits per heavy atom. The van der Waals surface area contributed by atoms with Crippen LogP contribution in [-0.4, -0.2) is 115 Å². The number of fused-ring (bicyclic) bond motifs is 1. The molecule has 0 aliphatic carbocycles. The Morgan fingerprint density at radius 3 is 2.26 bits per heavy atom. The molecule has 4 rings (SSSR count). The van der Waals surface area contributed by atoms with Gasteiger partial charge in [-0.1, -0.05) is 11.6 Å². The van der Waals surface area contributed by atoms with E-state index in [2.05, 4.69) is 10.3 Å². The molecule has 0 amide bonds. The molecule has 3 aromatic rings. The normalized spacial score (nSPS) is 16.2. The number of likely N-dealkylation sites (N-methyl/N-ethyl adjacent to an activating group) is 1. The van der Waals surface area contributed by atoms with Gasteiger partial charge in [0.1, 0.15) is 29.7 Å². The maximum atomic E-state index is 14.8. The molecular weight excluding hydrogens is 607 g/mol. The van der Waals surface area contributed by atoms with E-state index in [1.54, 1.807) is 7.05 Å². The molecule has 1 aliphatic heterocycles. The van der Waals surface area contributed by atoms with Gasteiger partial charge in [0.05, 0.1) is 40.4 Å². The van der Waals surface area contributed by atoms with Crippen molar-refractivity contribution in [3.8, 4) is 5.82 Å². The molecule has 0 saturated carbocycles. The number of hydrogen-bond acceptors (Lipinski definition) is 12. The first-order chi connectivity index (χ1) is 20.1. The summed E-state index contributed by atoms with van der Waals surface area (Å²) in [5.41, 5.74) is 3.13. The largest absolute Gasteiger partial charge is 0.477 e. The van der Waals surface area contributed by atoms with Crippen LogP contribution in [0.5, 0.6) is 0 Å². The number of aromatic carboxylic acids is 1. The second-order valence-corrected chi connectivity index (χ2v) is 9.92. The number of β-amino-alcohol motifs (C(OH)–C–C–N with tert-alkyl or cyclic N) is 1. The third-order valence-corrected chi connectivity index (χ3v) is 6.83. The van der Waals surface area contributed by atoms with E-state index in [1.165, 1.54) is 4.90 Å². The summed E-state index contributed by atoms with van der Waals surface area (Å²) in [5.74, 6) is -6.27. The Balaban J connectivity index is 0.000000331. The van der Waals surface area contributed by atoms with Crippen LogP contribution in [0.1, 0.15) is 10.4 Å². The van der Waals surface area contributed by atoms with Gasteiger partial charge in [-0.2, -0.15) is 0 Å². The quantitative estimate of drug-likeness (QED) is 0.131. The second-order valence-electron chi connectivity index (χ2n) is 9.54. The van der Waals surface area contributed by atoms with Gasteiger partial charge in [-0.3, -0.25) is 9.36 Å². The van der Waals surface area contributed by atoms with Crippen LogP contribution in [-0.2, 0) is 0 Å². The van der Waals surface area contributed by atoms with Crippen LogP contribution in [0.2, 0.25) is 5.02 Å². The van der Waals surface area contributed by atoms with Crippen molar-refractivity contribution in [3.05, 3.63) is 56.6 Å². The highest BCUT2D eigenvalue weighted by Crippen LogP contribution is 2.38. The summed E-state index contributed by atoms with van der Waals surface area (Å²) in [7, 11) is 1.57. The van der Waals surface area contributed by atoms with E-state index >= 15 is 0 Å². The van der Waals surface area contributed by atoms with Gasteiger partial charge in [-0.25, -0.2) is 22.9 Å². The molecule has 1 aromatic carbocycles. The minimum atomic E-state index is -1.65. The van der Waals surface area contributed by atoms with E-state index in [-0.39, 0.29) is 35.9 Å². The molecule has 1 fully saturated rings. The van der Waals surface area contributed by atoms with Gasteiger partial charge in [0, 0.05) is 31.9 Å². The smallest absolute Gasteiger partial charge is 0.341 e. The average Bonchev–Trinajstić information content (AvgIpc) is 2.93. The van der Waals surface area contributed by atoms with Crippen molar-refractivity contribution in [1.82, 2.24) is 14.9 Å². The number of nitrogens with one attached hydrogen (secondary N) is 1. The van der Waals surface area contributed by atoms with Crippen molar-refractivity contribution < 1.29 is 53.7 Å². The van der Waals surface area contributed by atoms with E-state index < -0.39 is 88.6 Å². The number of nitrogen functional groups attached to an aromatic ring is 1. The number of aromatic nitrogens is 2. The first-order valence-corrected chi connectivity index (χ1v) is 12.9. The molecule has 1 aliphatic rings. The van der Waals surface area contributed by atoms with E-state index in [9.17, 15) is 38.1 Å². The third kappa shape index (κ3) is 7.00. The Morgan fingerprint density at radius 1 is 1.12 bits per heavy atom. The number of carbonyl (C=O) groups is 1. The molecule has 43 heavy (non-hydrogen) atoms. The number of rotatable bonds is 9. The Labute approximate surface area is 245 Å². The van der Waals surface area contributed by atoms with Crippen LogP contribution in [0.25, 0.3) is 16.7 Å². The number of nitrogens with zero attached hydrogens (tertiary/aromatic N) is 3. The van der Waals surface area contributed by atoms with Crippen molar-refractivity contribution in [1.29, 1.82) is 0 Å². The second kappa shape index (κ2) is 13.8. The van der Waals surface area contributed by atoms with Gasteiger partial charge in [0.2, 0.25) is 5.43 Å². The van der Waals surface area contributed by atoms with E-state index in [4.69, 9.17) is 37.8 Å². The predicted octanol–water partition coefficient (Wildman–Crippen LogP) is -1.44. The standard InChI is InChI=1S/C18H12ClF3N4O4.C7H17NO5/c19-12-13-7(1-9(20)14(12)25-3-6(27)4-25)15(28)8(18(29)30)5-26(13)17-11(22)2-10(21)16(23)24-17;1-8-2-4(10)6(12)7(13)5(11)3-9/h1-2,5-6,27H,3-4H2,(H2,23,24)(H,29,30);4-13H,2-3H2,1H3/t;4-,5+,6-,7+/m.0/s1. The average molecular weight is 636 g/mol. The fourth-order valence-corrected chi connectivity index (χ4v) is 4.59. The van der Waals surface area contributed by atoms with Crippen molar-refractivity contribution in [2.45, 2.75) is 30.5 Å². The topological polar surface area (TPSA) is 235 Å². The molecule has 14 nitrogen and oxygen atoms in total. The monoisotopic (exact) mass is 635 g/mol. The zero-order valence-corrected chi connectivity index (χ0v) is 23.1. The summed E-state index contributed by atoms with van der Waals surface area (Å²) in [6, 6.07) is 1.21. The highest BCUT2D eigenvalue weighted by molar-refractivity contribution is 6.38. The van der Waals surface area contributed by atoms with Gasteiger partial charge < -0.3 is 51.7 Å². The summed E-state index contributed by atoms with van der Waals surface area (Å²) in [6.45, 7) is -0.438. The van der Waals surface area contributed by atoms with Crippen LogP contribution >= 0.6 is 11.6 Å². The molecule has 3 heterocycles. The molecule has 0 spiro atoms. The minimum absolute atomic E-state index is 0.0652. The van der Waals surface area contributed by atoms with Crippen molar-refractivity contribution in [3.63, 3.8) is 0 Å². The Hall–Kier alpha value is -3.55. The molecule has 10 N–H and O–H groups in total. The van der Waals surface area contributed by atoms with Gasteiger partial charge in [-0.15, -0.1) is 0 Å². The zero-order valence-electron chi connectivity index (χ0n) is 22.3. The molecule has 0 unspecified atom stereocenters. The lowest BCUT2D eigenvalue weighted by Crippen LogP contribution is -2.51. The Bertz CT molecular complexity index is 1560. The molecule has 236 valence electrons. The number of pyridine rings is 2. The highest BCUT2D eigenvalue weighted by Gasteiger charge is 2.32. The number of anilines is 2. The van der Waals surface area contributed by atoms with Gasteiger partial charge in [-0.05, 0) is 13.1 Å². The molecule has 0 radical (unpaired) electrons. The number of benzene rings is 1. The number of nitrogens with two attached hydrogens (primary N) is 1. The summed E-state index contributed by atoms with van der Waals surface area (Å²) in [6.07, 6.45) is -5.59. The summed E-state index contributed by atoms with van der Waals surface area (Å²) < 4.78 is 43.6. The SMILES string of the molecule is CNC[C@H](O)[C@H](O)[C@H](O)[C@H](O)CO.Nc1nc(-n2cc(C(=O)O)c(=O)c3cc(F)c(N4CC(O)C4)c(Cl)c32)c(F)cc1F. The molecular formula is C25H29ClF3N5O9. The fourth-order valence-electron chi connectivity index (χ4n) is 4.18. The van der Waals surface area contributed by atoms with Crippen LogP contribution in [0.15, 0.2) is 23.1 Å². The van der Waals surface area contributed by atoms with Crippen molar-refractivity contribution >= 4 is 40.0 Å². The van der Waals surface area contributed by atoms with Crippen LogP contribution in [0, 0.1) is 17.5 Å². The third-order valence-electron chi connectivity index (χ3n) is 6.47. The number of aliphatic hydroxyl groups is 6. The van der Waals surface area contributed by atoms with Gasteiger partial charge in [0.15, 0.2) is 23.3 Å². The number of aliphatic hydroxyl groups excluding tert-OH is 6. The fraction of sp³-hybridized carbons (Fsp3) is 0.400. The number of carboxylic acid groups (broad SMARTS) is 1. The lowest BCUT2D eigenvalue weighted by atomic mass is 10.0.